The summed E-state index contributed by atoms with van der Waals surface area (Å²) in [5, 5.41) is 13.8. The number of nitrogen functional groups attached to an aromatic ring is 1. The van der Waals surface area contributed by atoms with Crippen LogP contribution in [0, 0.1) is 5.41 Å². The first-order chi connectivity index (χ1) is 9.72. The van der Waals surface area contributed by atoms with Crippen LogP contribution in [0.5, 0.6) is 0 Å². The molecule has 0 saturated heterocycles. The Hall–Kier alpha value is -2.57. The van der Waals surface area contributed by atoms with Crippen molar-refractivity contribution in [2.75, 3.05) is 18.8 Å². The van der Waals surface area contributed by atoms with E-state index in [1.807, 2.05) is 0 Å². The molecule has 21 heavy (non-hydrogen) atoms. The predicted molar refractivity (Wildman–Crippen MR) is 77.6 cm³/mol. The lowest BCUT2D eigenvalue weighted by Gasteiger charge is -2.19. The average molecular weight is 293 g/mol. The standard InChI is InChI=1S/C14H19N3O4/c1-14(2,13(20)21)8-17-11(18)7-16-12(19)9-3-5-10(15)6-4-9/h3-6H,7-8,15H2,1-2H3,(H,16,19)(H,17,18)(H,20,21). The number of rotatable bonds is 6. The molecule has 0 fully saturated rings. The molecule has 2 amide bonds. The summed E-state index contributed by atoms with van der Waals surface area (Å²) in [6, 6.07) is 6.28. The molecule has 0 aromatic heterocycles. The van der Waals surface area contributed by atoms with Crippen LogP contribution in [0.4, 0.5) is 5.69 Å². The fourth-order valence-corrected chi connectivity index (χ4v) is 1.35. The van der Waals surface area contributed by atoms with E-state index in [-0.39, 0.29) is 13.1 Å². The molecule has 0 aliphatic heterocycles. The van der Waals surface area contributed by atoms with Crippen molar-refractivity contribution in [3.8, 4) is 0 Å². The van der Waals surface area contributed by atoms with Gasteiger partial charge in [-0.2, -0.15) is 0 Å². The average Bonchev–Trinajstić information content (AvgIpc) is 2.43. The van der Waals surface area contributed by atoms with Crippen molar-refractivity contribution >= 4 is 23.5 Å². The van der Waals surface area contributed by atoms with Gasteiger partial charge >= 0.3 is 5.97 Å². The van der Waals surface area contributed by atoms with E-state index in [9.17, 15) is 14.4 Å². The predicted octanol–water partition coefficient (Wildman–Crippen LogP) is 0.226. The van der Waals surface area contributed by atoms with Crippen LogP contribution in [-0.2, 0) is 9.59 Å². The summed E-state index contributed by atoms with van der Waals surface area (Å²) in [4.78, 5) is 34.2. The Balaban J connectivity index is 2.41. The SMILES string of the molecule is CC(C)(CNC(=O)CNC(=O)c1ccc(N)cc1)C(=O)O. The van der Waals surface area contributed by atoms with Gasteiger partial charge in [0.15, 0.2) is 0 Å². The molecule has 0 aliphatic carbocycles. The number of carbonyl (C=O) groups is 3. The zero-order valence-electron chi connectivity index (χ0n) is 12.0. The molecular formula is C14H19N3O4. The molecule has 0 spiro atoms. The Labute approximate surface area is 122 Å². The molecule has 0 aliphatic rings. The minimum Gasteiger partial charge on any atom is -0.481 e. The molecule has 0 heterocycles. The van der Waals surface area contributed by atoms with Gasteiger partial charge in [0, 0.05) is 17.8 Å². The number of carboxylic acid groups (broad SMARTS) is 1. The number of hydrogen-bond acceptors (Lipinski definition) is 4. The molecule has 1 aromatic rings. The number of anilines is 1. The number of carboxylic acids is 1. The van der Waals surface area contributed by atoms with Gasteiger partial charge in [0.2, 0.25) is 5.91 Å². The zero-order chi connectivity index (χ0) is 16.0. The molecule has 0 atom stereocenters. The number of hydrogen-bond donors (Lipinski definition) is 4. The lowest BCUT2D eigenvalue weighted by Crippen LogP contribution is -2.43. The van der Waals surface area contributed by atoms with E-state index >= 15 is 0 Å². The maximum absolute atomic E-state index is 11.7. The second-order valence-corrected chi connectivity index (χ2v) is 5.27. The van der Waals surface area contributed by atoms with Crippen molar-refractivity contribution in [2.45, 2.75) is 13.8 Å². The molecule has 114 valence electrons. The minimum atomic E-state index is -1.06. The fourth-order valence-electron chi connectivity index (χ4n) is 1.35. The van der Waals surface area contributed by atoms with Gasteiger partial charge in [-0.3, -0.25) is 14.4 Å². The topological polar surface area (TPSA) is 122 Å². The largest absolute Gasteiger partial charge is 0.481 e. The normalized spacial score (nSPS) is 10.8. The monoisotopic (exact) mass is 293 g/mol. The fraction of sp³-hybridized carbons (Fsp3) is 0.357. The zero-order valence-corrected chi connectivity index (χ0v) is 12.0. The maximum Gasteiger partial charge on any atom is 0.310 e. The number of benzene rings is 1. The molecule has 7 heteroatoms. The van der Waals surface area contributed by atoms with Crippen molar-refractivity contribution in [1.82, 2.24) is 10.6 Å². The van der Waals surface area contributed by atoms with Gasteiger partial charge < -0.3 is 21.5 Å². The molecule has 5 N–H and O–H groups in total. The molecule has 7 nitrogen and oxygen atoms in total. The highest BCUT2D eigenvalue weighted by Crippen LogP contribution is 2.12. The van der Waals surface area contributed by atoms with Crippen LogP contribution in [-0.4, -0.2) is 36.0 Å². The smallest absolute Gasteiger partial charge is 0.310 e. The summed E-state index contributed by atoms with van der Waals surface area (Å²) in [5.41, 5.74) is 5.38. The summed E-state index contributed by atoms with van der Waals surface area (Å²) in [7, 11) is 0. The summed E-state index contributed by atoms with van der Waals surface area (Å²) >= 11 is 0. The molecule has 0 radical (unpaired) electrons. The maximum atomic E-state index is 11.7. The second-order valence-electron chi connectivity index (χ2n) is 5.27. The summed E-state index contributed by atoms with van der Waals surface area (Å²) in [6.45, 7) is 2.77. The Morgan fingerprint density at radius 3 is 2.24 bits per heavy atom. The van der Waals surface area contributed by atoms with Crippen molar-refractivity contribution in [1.29, 1.82) is 0 Å². The quantitative estimate of drug-likeness (QED) is 0.559. The molecule has 0 bridgehead atoms. The van der Waals surface area contributed by atoms with E-state index in [0.29, 0.717) is 11.3 Å². The van der Waals surface area contributed by atoms with E-state index in [2.05, 4.69) is 10.6 Å². The summed E-state index contributed by atoms with van der Waals surface area (Å²) in [6.07, 6.45) is 0. The van der Waals surface area contributed by atoms with Crippen molar-refractivity contribution in [3.05, 3.63) is 29.8 Å². The number of amides is 2. The first kappa shape index (κ1) is 16.5. The molecule has 0 saturated carbocycles. The first-order valence-electron chi connectivity index (χ1n) is 6.36. The molecule has 1 aromatic carbocycles. The van der Waals surface area contributed by atoms with E-state index in [1.54, 1.807) is 24.3 Å². The van der Waals surface area contributed by atoms with E-state index in [1.165, 1.54) is 13.8 Å². The molecule has 0 unspecified atom stereocenters. The lowest BCUT2D eigenvalue weighted by atomic mass is 9.94. The van der Waals surface area contributed by atoms with Crippen LogP contribution in [0.15, 0.2) is 24.3 Å². The third-order valence-corrected chi connectivity index (χ3v) is 2.89. The van der Waals surface area contributed by atoms with Crippen LogP contribution >= 0.6 is 0 Å². The highest BCUT2D eigenvalue weighted by molar-refractivity contribution is 5.96. The highest BCUT2D eigenvalue weighted by atomic mass is 16.4. The van der Waals surface area contributed by atoms with E-state index in [0.717, 1.165) is 0 Å². The van der Waals surface area contributed by atoms with Gasteiger partial charge in [-0.05, 0) is 38.1 Å². The van der Waals surface area contributed by atoms with Crippen molar-refractivity contribution in [2.24, 2.45) is 5.41 Å². The van der Waals surface area contributed by atoms with Gasteiger partial charge in [0.05, 0.1) is 12.0 Å². The first-order valence-corrected chi connectivity index (χ1v) is 6.36. The Morgan fingerprint density at radius 2 is 1.71 bits per heavy atom. The van der Waals surface area contributed by atoms with Gasteiger partial charge in [-0.25, -0.2) is 0 Å². The van der Waals surface area contributed by atoms with Gasteiger partial charge in [0.1, 0.15) is 0 Å². The van der Waals surface area contributed by atoms with Crippen LogP contribution < -0.4 is 16.4 Å². The summed E-state index contributed by atoms with van der Waals surface area (Å²) in [5.74, 6) is -1.86. The van der Waals surface area contributed by atoms with Crippen molar-refractivity contribution in [3.63, 3.8) is 0 Å². The van der Waals surface area contributed by atoms with E-state index in [4.69, 9.17) is 10.8 Å². The third-order valence-electron chi connectivity index (χ3n) is 2.89. The number of carbonyl (C=O) groups excluding carboxylic acids is 2. The summed E-state index contributed by atoms with van der Waals surface area (Å²) < 4.78 is 0. The van der Waals surface area contributed by atoms with Crippen molar-refractivity contribution < 1.29 is 19.5 Å². The minimum absolute atomic E-state index is 0.0150. The third kappa shape index (κ3) is 5.13. The second kappa shape index (κ2) is 6.74. The van der Waals surface area contributed by atoms with Crippen LogP contribution in [0.2, 0.25) is 0 Å². The number of nitrogens with two attached hydrogens (primary N) is 1. The lowest BCUT2D eigenvalue weighted by molar-refractivity contribution is -0.146. The highest BCUT2D eigenvalue weighted by Gasteiger charge is 2.27. The Kier molecular flexibility index (Phi) is 5.29. The van der Waals surface area contributed by atoms with Gasteiger partial charge in [-0.15, -0.1) is 0 Å². The molecular weight excluding hydrogens is 274 g/mol. The van der Waals surface area contributed by atoms with E-state index < -0.39 is 23.2 Å². The number of nitrogens with one attached hydrogen (secondary N) is 2. The Bertz CT molecular complexity index is 538. The van der Waals surface area contributed by atoms with Gasteiger partial charge in [-0.1, -0.05) is 0 Å². The van der Waals surface area contributed by atoms with Gasteiger partial charge in [0.25, 0.3) is 5.91 Å². The molecule has 1 rings (SSSR count). The Morgan fingerprint density at radius 1 is 1.14 bits per heavy atom. The van der Waals surface area contributed by atoms with Crippen LogP contribution in [0.1, 0.15) is 24.2 Å². The van der Waals surface area contributed by atoms with Crippen LogP contribution in [0.25, 0.3) is 0 Å². The number of aliphatic carboxylic acids is 1. The van der Waals surface area contributed by atoms with Crippen LogP contribution in [0.3, 0.4) is 0 Å².